The predicted octanol–water partition coefficient (Wildman–Crippen LogP) is 2.47. The van der Waals surface area contributed by atoms with Crippen LogP contribution in [-0.4, -0.2) is 31.0 Å². The summed E-state index contributed by atoms with van der Waals surface area (Å²) in [7, 11) is 1.27. The zero-order valence-electron chi connectivity index (χ0n) is 10.5. The molecule has 0 aliphatic heterocycles. The fourth-order valence-electron chi connectivity index (χ4n) is 1.40. The van der Waals surface area contributed by atoms with E-state index in [1.54, 1.807) is 6.92 Å². The number of aryl methyl sites for hydroxylation is 1. The number of carbonyl (C=O) groups is 1. The molecule has 106 valence electrons. The summed E-state index contributed by atoms with van der Waals surface area (Å²) in [6.45, 7) is 3.09. The van der Waals surface area contributed by atoms with Crippen LogP contribution in [0.25, 0.3) is 0 Å². The van der Waals surface area contributed by atoms with Crippen LogP contribution in [0.1, 0.15) is 23.0 Å². The van der Waals surface area contributed by atoms with Gasteiger partial charge < -0.3 is 14.2 Å². The Morgan fingerprint density at radius 2 is 2.05 bits per heavy atom. The molecule has 0 spiro atoms. The molecule has 0 N–H and O–H groups in total. The number of aromatic nitrogens is 1. The lowest BCUT2D eigenvalue weighted by Gasteiger charge is -2.13. The van der Waals surface area contributed by atoms with Crippen molar-refractivity contribution in [1.82, 2.24) is 4.98 Å². The van der Waals surface area contributed by atoms with Crippen molar-refractivity contribution < 1.29 is 32.2 Å². The zero-order valence-corrected chi connectivity index (χ0v) is 10.5. The fourth-order valence-corrected chi connectivity index (χ4v) is 1.40. The normalized spacial score (nSPS) is 11.1. The lowest BCUT2D eigenvalue weighted by atomic mass is 10.2. The van der Waals surface area contributed by atoms with Gasteiger partial charge in [0.15, 0.2) is 11.4 Å². The summed E-state index contributed by atoms with van der Waals surface area (Å²) >= 11 is 0. The molecule has 0 fully saturated rings. The number of pyridine rings is 1. The summed E-state index contributed by atoms with van der Waals surface area (Å²) in [6, 6.07) is 1.02. The van der Waals surface area contributed by atoms with Crippen LogP contribution in [0.5, 0.6) is 11.6 Å². The summed E-state index contributed by atoms with van der Waals surface area (Å²) in [6.07, 6.45) is -4.89. The molecule has 0 radical (unpaired) electrons. The number of hydrogen-bond donors (Lipinski definition) is 0. The van der Waals surface area contributed by atoms with Gasteiger partial charge in [0, 0.05) is 6.07 Å². The summed E-state index contributed by atoms with van der Waals surface area (Å²) < 4.78 is 49.7. The molecule has 0 unspecified atom stereocenters. The molecule has 0 atom stereocenters. The van der Waals surface area contributed by atoms with Crippen molar-refractivity contribution in [2.75, 3.05) is 13.7 Å². The lowest BCUT2D eigenvalue weighted by Crippen LogP contribution is -2.19. The number of hydrogen-bond acceptors (Lipinski definition) is 5. The molecule has 19 heavy (non-hydrogen) atoms. The zero-order chi connectivity index (χ0) is 14.6. The molecule has 1 aromatic rings. The van der Waals surface area contributed by atoms with Gasteiger partial charge in [-0.25, -0.2) is 9.78 Å². The highest BCUT2D eigenvalue weighted by Gasteiger charge is 2.33. The molecule has 1 rings (SSSR count). The summed E-state index contributed by atoms with van der Waals surface area (Å²) in [5, 5.41) is 0. The van der Waals surface area contributed by atoms with Crippen LogP contribution in [0.3, 0.4) is 0 Å². The van der Waals surface area contributed by atoms with Gasteiger partial charge in [-0.3, -0.25) is 0 Å². The summed E-state index contributed by atoms with van der Waals surface area (Å²) in [4.78, 5) is 15.1. The number of nitrogens with zero attached hydrogens (tertiary/aromatic N) is 1. The van der Waals surface area contributed by atoms with Crippen LogP contribution in [0.2, 0.25) is 0 Å². The molecule has 8 heteroatoms. The van der Waals surface area contributed by atoms with Gasteiger partial charge in [-0.15, -0.1) is 13.2 Å². The first-order chi connectivity index (χ1) is 8.78. The standard InChI is InChI=1S/C11H12F3NO4/c1-4-18-10(16)8-9(17-3)6(2)5-7(15-8)19-11(12,13)14/h5H,4H2,1-3H3. The minimum atomic E-state index is -4.89. The Morgan fingerprint density at radius 1 is 1.42 bits per heavy atom. The van der Waals surface area contributed by atoms with Crippen LogP contribution >= 0.6 is 0 Å². The summed E-state index contributed by atoms with van der Waals surface area (Å²) in [5.41, 5.74) is -0.0802. The number of methoxy groups -OCH3 is 1. The Labute approximate surface area is 107 Å². The maximum atomic E-state index is 12.1. The van der Waals surface area contributed by atoms with Crippen LogP contribution in [0.15, 0.2) is 6.07 Å². The fraction of sp³-hybridized carbons (Fsp3) is 0.455. The second-order valence-electron chi connectivity index (χ2n) is 3.43. The van der Waals surface area contributed by atoms with Crippen molar-refractivity contribution in [1.29, 1.82) is 0 Å². The Hall–Kier alpha value is -1.99. The molecule has 1 heterocycles. The predicted molar refractivity (Wildman–Crippen MR) is 58.2 cm³/mol. The minimum Gasteiger partial charge on any atom is -0.494 e. The monoisotopic (exact) mass is 279 g/mol. The van der Waals surface area contributed by atoms with E-state index in [1.165, 1.54) is 14.0 Å². The maximum absolute atomic E-state index is 12.1. The topological polar surface area (TPSA) is 57.7 Å². The Morgan fingerprint density at radius 3 is 2.53 bits per heavy atom. The van der Waals surface area contributed by atoms with Crippen LogP contribution < -0.4 is 9.47 Å². The van der Waals surface area contributed by atoms with Crippen molar-refractivity contribution in [3.05, 3.63) is 17.3 Å². The Balaban J connectivity index is 3.22. The molecule has 1 aromatic heterocycles. The minimum absolute atomic E-state index is 0.0491. The molecular formula is C11H12F3NO4. The third kappa shape index (κ3) is 4.01. The average molecular weight is 279 g/mol. The molecule has 0 aliphatic carbocycles. The molecular weight excluding hydrogens is 267 g/mol. The second-order valence-corrected chi connectivity index (χ2v) is 3.43. The second kappa shape index (κ2) is 5.77. The van der Waals surface area contributed by atoms with Gasteiger partial charge in [-0.2, -0.15) is 0 Å². The lowest BCUT2D eigenvalue weighted by molar-refractivity contribution is -0.276. The van der Waals surface area contributed by atoms with E-state index in [0.29, 0.717) is 0 Å². The molecule has 0 aromatic carbocycles. The largest absolute Gasteiger partial charge is 0.574 e. The van der Waals surface area contributed by atoms with Crippen molar-refractivity contribution >= 4 is 5.97 Å². The third-order valence-electron chi connectivity index (χ3n) is 2.03. The highest BCUT2D eigenvalue weighted by atomic mass is 19.4. The van der Waals surface area contributed by atoms with Gasteiger partial charge >= 0.3 is 12.3 Å². The van der Waals surface area contributed by atoms with E-state index in [0.717, 1.165) is 6.07 Å². The number of halogens is 3. The van der Waals surface area contributed by atoms with Gasteiger partial charge in [0.25, 0.3) is 0 Å². The average Bonchev–Trinajstić information content (AvgIpc) is 2.26. The molecule has 5 nitrogen and oxygen atoms in total. The number of esters is 1. The van der Waals surface area contributed by atoms with Crippen molar-refractivity contribution in [2.45, 2.75) is 20.2 Å². The van der Waals surface area contributed by atoms with E-state index in [4.69, 9.17) is 9.47 Å². The molecule has 0 amide bonds. The van der Waals surface area contributed by atoms with Crippen molar-refractivity contribution in [2.24, 2.45) is 0 Å². The Bertz CT molecular complexity index is 474. The number of rotatable bonds is 4. The van der Waals surface area contributed by atoms with E-state index in [2.05, 4.69) is 9.72 Å². The van der Waals surface area contributed by atoms with Crippen LogP contribution in [0, 0.1) is 6.92 Å². The molecule has 0 saturated carbocycles. The Kier molecular flexibility index (Phi) is 4.57. The highest BCUT2D eigenvalue weighted by molar-refractivity contribution is 5.91. The molecule has 0 aliphatic rings. The maximum Gasteiger partial charge on any atom is 0.574 e. The smallest absolute Gasteiger partial charge is 0.494 e. The van der Waals surface area contributed by atoms with Gasteiger partial charge in [-0.05, 0) is 19.4 Å². The molecule has 0 bridgehead atoms. The van der Waals surface area contributed by atoms with Gasteiger partial charge in [0.1, 0.15) is 0 Å². The number of carbonyl (C=O) groups excluding carboxylic acids is 1. The first-order valence-corrected chi connectivity index (χ1v) is 5.27. The van der Waals surface area contributed by atoms with Gasteiger partial charge in [0.05, 0.1) is 13.7 Å². The third-order valence-corrected chi connectivity index (χ3v) is 2.03. The highest BCUT2D eigenvalue weighted by Crippen LogP contribution is 2.29. The quantitative estimate of drug-likeness (QED) is 0.792. The first-order valence-electron chi connectivity index (χ1n) is 5.27. The van der Waals surface area contributed by atoms with E-state index in [-0.39, 0.29) is 23.6 Å². The molecule has 0 saturated heterocycles. The van der Waals surface area contributed by atoms with Crippen LogP contribution in [0.4, 0.5) is 13.2 Å². The van der Waals surface area contributed by atoms with Gasteiger partial charge in [0.2, 0.25) is 5.88 Å². The van der Waals surface area contributed by atoms with Crippen molar-refractivity contribution in [3.63, 3.8) is 0 Å². The van der Waals surface area contributed by atoms with Crippen molar-refractivity contribution in [3.8, 4) is 11.6 Å². The summed E-state index contributed by atoms with van der Waals surface area (Å²) in [5.74, 6) is -1.57. The SMILES string of the molecule is CCOC(=O)c1nc(OC(F)(F)F)cc(C)c1OC. The van der Waals surface area contributed by atoms with E-state index < -0.39 is 18.2 Å². The first kappa shape index (κ1) is 15.1. The number of alkyl halides is 3. The van der Waals surface area contributed by atoms with E-state index >= 15 is 0 Å². The van der Waals surface area contributed by atoms with Crippen LogP contribution in [-0.2, 0) is 4.74 Å². The number of ether oxygens (including phenoxy) is 3. The van der Waals surface area contributed by atoms with E-state index in [1.807, 2.05) is 0 Å². The van der Waals surface area contributed by atoms with E-state index in [9.17, 15) is 18.0 Å². The van der Waals surface area contributed by atoms with Gasteiger partial charge in [-0.1, -0.05) is 0 Å².